The van der Waals surface area contributed by atoms with E-state index in [1.807, 2.05) is 29.3 Å². The first-order valence-electron chi connectivity index (χ1n) is 7.69. The van der Waals surface area contributed by atoms with Crippen molar-refractivity contribution in [1.82, 2.24) is 9.88 Å². The minimum atomic E-state index is 0.157. The lowest BCUT2D eigenvalue weighted by molar-refractivity contribution is -0.120. The van der Waals surface area contributed by atoms with E-state index in [0.717, 1.165) is 43.3 Å². The fraction of sp³-hybridized carbons (Fsp3) is 0.412. The Balaban J connectivity index is 1.43. The lowest BCUT2D eigenvalue weighted by atomic mass is 10.0. The van der Waals surface area contributed by atoms with Crippen LogP contribution in [0.4, 0.5) is 5.69 Å². The highest BCUT2D eigenvalue weighted by Crippen LogP contribution is 2.36. The highest BCUT2D eigenvalue weighted by atomic mass is 32.1. The summed E-state index contributed by atoms with van der Waals surface area (Å²) in [5.74, 6) is 0.907. The van der Waals surface area contributed by atoms with Crippen LogP contribution in [-0.2, 0) is 11.3 Å². The van der Waals surface area contributed by atoms with Gasteiger partial charge in [-0.3, -0.25) is 14.7 Å². The Morgan fingerprint density at radius 2 is 2.18 bits per heavy atom. The molecule has 0 saturated carbocycles. The summed E-state index contributed by atoms with van der Waals surface area (Å²) in [5, 5.41) is 4.10. The molecule has 2 aliphatic heterocycles. The number of hydrogen-bond donors (Lipinski definition) is 0. The molecule has 0 radical (unpaired) electrons. The van der Waals surface area contributed by atoms with Gasteiger partial charge in [0.2, 0.25) is 5.91 Å². The van der Waals surface area contributed by atoms with Crippen LogP contribution in [0.25, 0.3) is 0 Å². The number of anilines is 1. The Hall–Kier alpha value is -1.72. The summed E-state index contributed by atoms with van der Waals surface area (Å²) in [7, 11) is 0. The van der Waals surface area contributed by atoms with Crippen LogP contribution in [0.5, 0.6) is 0 Å². The van der Waals surface area contributed by atoms with Gasteiger partial charge in [0.1, 0.15) is 0 Å². The smallest absolute Gasteiger partial charge is 0.231 e. The quantitative estimate of drug-likeness (QED) is 0.874. The van der Waals surface area contributed by atoms with Gasteiger partial charge in [0.05, 0.1) is 17.3 Å². The molecular formula is C17H19N3OS. The van der Waals surface area contributed by atoms with Gasteiger partial charge in [-0.1, -0.05) is 6.07 Å². The first-order valence-corrected chi connectivity index (χ1v) is 8.63. The van der Waals surface area contributed by atoms with Gasteiger partial charge in [-0.25, -0.2) is 0 Å². The van der Waals surface area contributed by atoms with Gasteiger partial charge < -0.3 is 4.90 Å². The number of fused-ring (bicyclic) bond motifs is 1. The zero-order valence-corrected chi connectivity index (χ0v) is 13.4. The second-order valence-corrected chi connectivity index (χ2v) is 7.04. The monoisotopic (exact) mass is 313 g/mol. The van der Waals surface area contributed by atoms with Crippen molar-refractivity contribution in [2.24, 2.45) is 11.8 Å². The minimum absolute atomic E-state index is 0.157. The number of aromatic nitrogens is 1. The predicted octanol–water partition coefficient (Wildman–Crippen LogP) is 2.55. The first-order chi connectivity index (χ1) is 10.7. The Labute approximate surface area is 134 Å². The molecule has 1 amide bonds. The van der Waals surface area contributed by atoms with Crippen LogP contribution in [0.1, 0.15) is 11.4 Å². The number of carbonyl (C=O) groups is 1. The SMILES string of the molecule is Cc1cccc(CN2C[C@@H]3CN(c4ccsc4)C(=O)[C@@H]3C2)n1. The number of hydrogen-bond acceptors (Lipinski definition) is 4. The van der Waals surface area contributed by atoms with Crippen LogP contribution in [0, 0.1) is 18.8 Å². The molecule has 4 nitrogen and oxygen atoms in total. The molecule has 0 aromatic carbocycles. The van der Waals surface area contributed by atoms with Crippen LogP contribution in [-0.4, -0.2) is 35.4 Å². The van der Waals surface area contributed by atoms with Gasteiger partial charge in [-0.05, 0) is 30.5 Å². The molecule has 5 heteroatoms. The molecule has 0 aliphatic carbocycles. The fourth-order valence-electron chi connectivity index (χ4n) is 3.64. The molecule has 2 aromatic heterocycles. The Morgan fingerprint density at radius 1 is 1.27 bits per heavy atom. The van der Waals surface area contributed by atoms with Crippen molar-refractivity contribution in [3.8, 4) is 0 Å². The normalized spacial score (nSPS) is 25.0. The lowest BCUT2D eigenvalue weighted by Gasteiger charge is -2.20. The average molecular weight is 313 g/mol. The van der Waals surface area contributed by atoms with Crippen LogP contribution < -0.4 is 4.90 Å². The third kappa shape index (κ3) is 2.44. The van der Waals surface area contributed by atoms with Crippen molar-refractivity contribution in [1.29, 1.82) is 0 Å². The molecule has 2 fully saturated rings. The number of pyridine rings is 1. The van der Waals surface area contributed by atoms with Gasteiger partial charge in [-0.2, -0.15) is 11.3 Å². The molecule has 2 atom stereocenters. The molecule has 22 heavy (non-hydrogen) atoms. The number of rotatable bonds is 3. The number of amides is 1. The molecule has 4 rings (SSSR count). The zero-order chi connectivity index (χ0) is 15.1. The van der Waals surface area contributed by atoms with E-state index in [0.29, 0.717) is 11.8 Å². The number of aryl methyl sites for hydroxylation is 1. The summed E-state index contributed by atoms with van der Waals surface area (Å²) in [6.07, 6.45) is 0. The van der Waals surface area contributed by atoms with Crippen molar-refractivity contribution < 1.29 is 4.79 Å². The van der Waals surface area contributed by atoms with Crippen LogP contribution in [0.2, 0.25) is 0 Å². The number of likely N-dealkylation sites (tertiary alicyclic amines) is 1. The van der Waals surface area contributed by atoms with Gasteiger partial charge in [0.15, 0.2) is 0 Å². The van der Waals surface area contributed by atoms with Crippen molar-refractivity contribution >= 4 is 22.9 Å². The molecule has 0 spiro atoms. The molecule has 2 saturated heterocycles. The first kappa shape index (κ1) is 13.9. The number of thiophene rings is 1. The van der Waals surface area contributed by atoms with E-state index in [2.05, 4.69) is 27.4 Å². The van der Waals surface area contributed by atoms with Gasteiger partial charge in [0, 0.05) is 43.2 Å². The molecule has 2 aromatic rings. The van der Waals surface area contributed by atoms with Gasteiger partial charge in [0.25, 0.3) is 0 Å². The van der Waals surface area contributed by atoms with E-state index in [-0.39, 0.29) is 5.92 Å². The fourth-order valence-corrected chi connectivity index (χ4v) is 4.28. The van der Waals surface area contributed by atoms with E-state index in [9.17, 15) is 4.79 Å². The topological polar surface area (TPSA) is 36.4 Å². The summed E-state index contributed by atoms with van der Waals surface area (Å²) in [6.45, 7) is 5.58. The van der Waals surface area contributed by atoms with Crippen LogP contribution in [0.15, 0.2) is 35.0 Å². The Morgan fingerprint density at radius 3 is 2.91 bits per heavy atom. The largest absolute Gasteiger partial charge is 0.311 e. The maximum Gasteiger partial charge on any atom is 0.231 e. The minimum Gasteiger partial charge on any atom is -0.311 e. The Kier molecular flexibility index (Phi) is 3.47. The average Bonchev–Trinajstić information content (AvgIpc) is 3.17. The number of carbonyl (C=O) groups excluding carboxylic acids is 1. The molecule has 114 valence electrons. The van der Waals surface area contributed by atoms with E-state index in [1.54, 1.807) is 11.3 Å². The summed E-state index contributed by atoms with van der Waals surface area (Å²) < 4.78 is 0. The van der Waals surface area contributed by atoms with Crippen molar-refractivity contribution in [3.63, 3.8) is 0 Å². The highest BCUT2D eigenvalue weighted by molar-refractivity contribution is 7.08. The van der Waals surface area contributed by atoms with Crippen molar-refractivity contribution in [2.45, 2.75) is 13.5 Å². The summed E-state index contributed by atoms with van der Waals surface area (Å²) in [6, 6.07) is 8.18. The predicted molar refractivity (Wildman–Crippen MR) is 87.9 cm³/mol. The molecule has 4 heterocycles. The van der Waals surface area contributed by atoms with E-state index < -0.39 is 0 Å². The second kappa shape index (κ2) is 5.48. The number of nitrogens with zero attached hydrogens (tertiary/aromatic N) is 3. The molecule has 0 N–H and O–H groups in total. The third-order valence-corrected chi connectivity index (χ3v) is 5.34. The van der Waals surface area contributed by atoms with Crippen molar-refractivity contribution in [2.75, 3.05) is 24.5 Å². The van der Waals surface area contributed by atoms with Crippen molar-refractivity contribution in [3.05, 3.63) is 46.4 Å². The van der Waals surface area contributed by atoms with Gasteiger partial charge in [-0.15, -0.1) is 0 Å². The standard InChI is InChI=1S/C17H19N3OS/c1-12-3-2-4-14(18-12)9-19-7-13-8-20(15-5-6-22-11-15)17(21)16(13)10-19/h2-6,11,13,16H,7-10H2,1H3/t13-,16-/m1/s1. The van der Waals surface area contributed by atoms with Crippen LogP contribution in [0.3, 0.4) is 0 Å². The highest BCUT2D eigenvalue weighted by Gasteiger charge is 2.46. The molecule has 0 bridgehead atoms. The van der Waals surface area contributed by atoms with E-state index >= 15 is 0 Å². The summed E-state index contributed by atoms with van der Waals surface area (Å²) >= 11 is 1.65. The summed E-state index contributed by atoms with van der Waals surface area (Å²) in [5.41, 5.74) is 3.22. The second-order valence-electron chi connectivity index (χ2n) is 6.26. The maximum atomic E-state index is 12.6. The molecular weight excluding hydrogens is 294 g/mol. The summed E-state index contributed by atoms with van der Waals surface area (Å²) in [4.78, 5) is 21.5. The zero-order valence-electron chi connectivity index (χ0n) is 12.6. The lowest BCUT2D eigenvalue weighted by Crippen LogP contribution is -2.32. The van der Waals surface area contributed by atoms with Crippen LogP contribution >= 0.6 is 11.3 Å². The molecule has 2 aliphatic rings. The van der Waals surface area contributed by atoms with Gasteiger partial charge >= 0.3 is 0 Å². The Bertz CT molecular complexity index is 685. The van der Waals surface area contributed by atoms with E-state index in [1.165, 1.54) is 0 Å². The van der Waals surface area contributed by atoms with E-state index in [4.69, 9.17) is 0 Å². The third-order valence-electron chi connectivity index (χ3n) is 4.67. The maximum absolute atomic E-state index is 12.6. The molecule has 0 unspecified atom stereocenters.